The van der Waals surface area contributed by atoms with Crippen molar-refractivity contribution in [2.24, 2.45) is 0 Å². The standard InChI is InChI=1S/C24H24N2O4/c1-2-3-14-29-20-10-7-18(8-11-20)23(27)25-19-9-6-17-12-13-26(21(17)16-19)24(28)22-5-4-15-30-22/h4-11,15-16H,2-3,12-14H2,1H3,(H,25,27). The van der Waals surface area contributed by atoms with E-state index in [4.69, 9.17) is 9.15 Å². The van der Waals surface area contributed by atoms with Gasteiger partial charge in [-0.2, -0.15) is 0 Å². The van der Waals surface area contributed by atoms with Crippen molar-refractivity contribution >= 4 is 23.2 Å². The molecule has 2 amide bonds. The number of nitrogens with zero attached hydrogens (tertiary/aromatic N) is 1. The lowest BCUT2D eigenvalue weighted by atomic mass is 10.1. The lowest BCUT2D eigenvalue weighted by molar-refractivity contribution is 0.0962. The van der Waals surface area contributed by atoms with Crippen LogP contribution in [-0.2, 0) is 6.42 Å². The molecule has 3 aromatic rings. The first-order chi connectivity index (χ1) is 14.7. The molecule has 6 nitrogen and oxygen atoms in total. The summed E-state index contributed by atoms with van der Waals surface area (Å²) in [7, 11) is 0. The van der Waals surface area contributed by atoms with Crippen LogP contribution in [-0.4, -0.2) is 25.0 Å². The van der Waals surface area contributed by atoms with Gasteiger partial charge < -0.3 is 19.4 Å². The van der Waals surface area contributed by atoms with Crippen LogP contribution < -0.4 is 15.0 Å². The number of unbranched alkanes of at least 4 members (excludes halogenated alkanes) is 1. The van der Waals surface area contributed by atoms with Crippen LogP contribution in [0.1, 0.15) is 46.2 Å². The van der Waals surface area contributed by atoms with Gasteiger partial charge in [0.2, 0.25) is 0 Å². The van der Waals surface area contributed by atoms with Gasteiger partial charge in [-0.1, -0.05) is 19.4 Å². The first-order valence-electron chi connectivity index (χ1n) is 10.2. The molecule has 2 heterocycles. The van der Waals surface area contributed by atoms with Crippen LogP contribution in [0.4, 0.5) is 11.4 Å². The van der Waals surface area contributed by atoms with E-state index in [1.54, 1.807) is 41.3 Å². The maximum absolute atomic E-state index is 12.7. The largest absolute Gasteiger partial charge is 0.494 e. The van der Waals surface area contributed by atoms with Gasteiger partial charge in [0.15, 0.2) is 5.76 Å². The fraction of sp³-hybridized carbons (Fsp3) is 0.250. The first-order valence-corrected chi connectivity index (χ1v) is 10.2. The van der Waals surface area contributed by atoms with Gasteiger partial charge in [-0.25, -0.2) is 0 Å². The lowest BCUT2D eigenvalue weighted by Gasteiger charge is -2.17. The topological polar surface area (TPSA) is 71.8 Å². The highest BCUT2D eigenvalue weighted by Gasteiger charge is 2.27. The SMILES string of the molecule is CCCCOc1ccc(C(=O)Nc2ccc3c(c2)N(C(=O)c2ccco2)CC3)cc1. The number of anilines is 2. The summed E-state index contributed by atoms with van der Waals surface area (Å²) < 4.78 is 10.9. The van der Waals surface area contributed by atoms with Crippen LogP contribution in [0.3, 0.4) is 0 Å². The minimum absolute atomic E-state index is 0.180. The predicted octanol–water partition coefficient (Wildman–Crippen LogP) is 4.91. The molecule has 6 heteroatoms. The Labute approximate surface area is 175 Å². The Morgan fingerprint density at radius 2 is 1.97 bits per heavy atom. The molecule has 4 rings (SSSR count). The molecule has 0 fully saturated rings. The van der Waals surface area contributed by atoms with Gasteiger partial charge in [0.25, 0.3) is 11.8 Å². The average Bonchev–Trinajstić information content (AvgIpc) is 3.44. The number of nitrogens with one attached hydrogen (secondary N) is 1. The Hall–Kier alpha value is -3.54. The number of rotatable bonds is 7. The lowest BCUT2D eigenvalue weighted by Crippen LogP contribution is -2.28. The second-order valence-electron chi connectivity index (χ2n) is 7.21. The van der Waals surface area contributed by atoms with E-state index >= 15 is 0 Å². The Kier molecular flexibility index (Phi) is 5.84. The maximum atomic E-state index is 12.7. The van der Waals surface area contributed by atoms with E-state index in [2.05, 4.69) is 12.2 Å². The van der Waals surface area contributed by atoms with Gasteiger partial charge in [0.05, 0.1) is 12.9 Å². The number of carbonyl (C=O) groups is 2. The summed E-state index contributed by atoms with van der Waals surface area (Å²) in [5.41, 5.74) is 3.05. The molecule has 154 valence electrons. The van der Waals surface area contributed by atoms with E-state index in [-0.39, 0.29) is 11.8 Å². The summed E-state index contributed by atoms with van der Waals surface area (Å²) >= 11 is 0. The molecule has 1 aromatic heterocycles. The summed E-state index contributed by atoms with van der Waals surface area (Å²) in [5.74, 6) is 0.668. The number of benzene rings is 2. The molecule has 0 atom stereocenters. The number of hydrogen-bond acceptors (Lipinski definition) is 4. The van der Waals surface area contributed by atoms with E-state index in [0.29, 0.717) is 30.2 Å². The van der Waals surface area contributed by atoms with Crippen molar-refractivity contribution in [1.82, 2.24) is 0 Å². The quantitative estimate of drug-likeness (QED) is 0.568. The van der Waals surface area contributed by atoms with Crippen molar-refractivity contribution in [3.8, 4) is 5.75 Å². The molecule has 0 unspecified atom stereocenters. The van der Waals surface area contributed by atoms with Gasteiger partial charge in [-0.15, -0.1) is 0 Å². The Balaban J connectivity index is 1.45. The van der Waals surface area contributed by atoms with Crippen molar-refractivity contribution in [2.45, 2.75) is 26.2 Å². The second kappa shape index (κ2) is 8.86. The van der Waals surface area contributed by atoms with Gasteiger partial charge in [0.1, 0.15) is 5.75 Å². The van der Waals surface area contributed by atoms with Crippen molar-refractivity contribution in [1.29, 1.82) is 0 Å². The van der Waals surface area contributed by atoms with Crippen molar-refractivity contribution in [3.63, 3.8) is 0 Å². The van der Waals surface area contributed by atoms with Crippen LogP contribution in [0.15, 0.2) is 65.3 Å². The molecular weight excluding hydrogens is 380 g/mol. The third-order valence-corrected chi connectivity index (χ3v) is 5.10. The minimum Gasteiger partial charge on any atom is -0.494 e. The van der Waals surface area contributed by atoms with E-state index in [1.165, 1.54) is 6.26 Å². The minimum atomic E-state index is -0.211. The molecule has 0 saturated carbocycles. The van der Waals surface area contributed by atoms with Crippen LogP contribution in [0.5, 0.6) is 5.75 Å². The zero-order chi connectivity index (χ0) is 20.9. The molecule has 0 aliphatic carbocycles. The van der Waals surface area contributed by atoms with E-state index in [1.807, 2.05) is 18.2 Å². The molecule has 1 N–H and O–H groups in total. The predicted molar refractivity (Wildman–Crippen MR) is 115 cm³/mol. The van der Waals surface area contributed by atoms with Crippen LogP contribution in [0.2, 0.25) is 0 Å². The fourth-order valence-corrected chi connectivity index (χ4v) is 3.44. The molecular formula is C24H24N2O4. The van der Waals surface area contributed by atoms with E-state index in [9.17, 15) is 9.59 Å². The Morgan fingerprint density at radius 1 is 1.13 bits per heavy atom. The third kappa shape index (κ3) is 4.22. The number of fused-ring (bicyclic) bond motifs is 1. The fourth-order valence-electron chi connectivity index (χ4n) is 3.44. The summed E-state index contributed by atoms with van der Waals surface area (Å²) in [6.07, 6.45) is 4.34. The number of ether oxygens (including phenoxy) is 1. The Bertz CT molecular complexity index is 1030. The number of hydrogen-bond donors (Lipinski definition) is 1. The highest BCUT2D eigenvalue weighted by atomic mass is 16.5. The van der Waals surface area contributed by atoms with Crippen molar-refractivity contribution in [2.75, 3.05) is 23.4 Å². The van der Waals surface area contributed by atoms with Crippen LogP contribution in [0, 0.1) is 0 Å². The summed E-state index contributed by atoms with van der Waals surface area (Å²) in [6.45, 7) is 3.37. The maximum Gasteiger partial charge on any atom is 0.293 e. The summed E-state index contributed by atoms with van der Waals surface area (Å²) in [4.78, 5) is 27.0. The van der Waals surface area contributed by atoms with Gasteiger partial charge in [-0.05, 0) is 66.9 Å². The zero-order valence-corrected chi connectivity index (χ0v) is 16.9. The monoisotopic (exact) mass is 404 g/mol. The average molecular weight is 404 g/mol. The highest BCUT2D eigenvalue weighted by molar-refractivity contribution is 6.07. The van der Waals surface area contributed by atoms with Gasteiger partial charge >= 0.3 is 0 Å². The number of amides is 2. The molecule has 2 aromatic carbocycles. The molecule has 0 saturated heterocycles. The Morgan fingerprint density at radius 3 is 2.70 bits per heavy atom. The molecule has 1 aliphatic heterocycles. The molecule has 0 bridgehead atoms. The first kappa shape index (κ1) is 19.8. The van der Waals surface area contributed by atoms with Crippen molar-refractivity contribution < 1.29 is 18.7 Å². The molecule has 0 spiro atoms. The number of carbonyl (C=O) groups excluding carboxylic acids is 2. The number of furan rings is 1. The van der Waals surface area contributed by atoms with Gasteiger partial charge in [0, 0.05) is 23.5 Å². The molecule has 0 radical (unpaired) electrons. The van der Waals surface area contributed by atoms with E-state index < -0.39 is 0 Å². The third-order valence-electron chi connectivity index (χ3n) is 5.10. The smallest absolute Gasteiger partial charge is 0.293 e. The van der Waals surface area contributed by atoms with Gasteiger partial charge in [-0.3, -0.25) is 9.59 Å². The summed E-state index contributed by atoms with van der Waals surface area (Å²) in [5, 5.41) is 2.91. The highest BCUT2D eigenvalue weighted by Crippen LogP contribution is 2.32. The normalized spacial score (nSPS) is 12.5. The van der Waals surface area contributed by atoms with Crippen LogP contribution in [0.25, 0.3) is 0 Å². The zero-order valence-electron chi connectivity index (χ0n) is 16.9. The van der Waals surface area contributed by atoms with Crippen molar-refractivity contribution in [3.05, 3.63) is 77.7 Å². The van der Waals surface area contributed by atoms with E-state index in [0.717, 1.165) is 36.3 Å². The molecule has 30 heavy (non-hydrogen) atoms. The molecule has 1 aliphatic rings. The summed E-state index contributed by atoms with van der Waals surface area (Å²) in [6, 6.07) is 16.1. The van der Waals surface area contributed by atoms with Crippen LogP contribution >= 0.6 is 0 Å². The second-order valence-corrected chi connectivity index (χ2v) is 7.21.